The maximum Gasteiger partial charge on any atom is 0.307 e. The van der Waals surface area contributed by atoms with Crippen molar-refractivity contribution in [1.82, 2.24) is 16.0 Å². The van der Waals surface area contributed by atoms with Crippen LogP contribution in [0.1, 0.15) is 143 Å². The van der Waals surface area contributed by atoms with Gasteiger partial charge in [-0.3, -0.25) is 28.8 Å². The van der Waals surface area contributed by atoms with Crippen molar-refractivity contribution in [3.8, 4) is 0 Å². The molecule has 15 heteroatoms. The van der Waals surface area contributed by atoms with Gasteiger partial charge in [-0.2, -0.15) is 0 Å². The van der Waals surface area contributed by atoms with E-state index in [-0.39, 0.29) is 76.8 Å². The highest BCUT2D eigenvalue weighted by Crippen LogP contribution is 2.25. The Bertz CT molecular complexity index is 1090. The summed E-state index contributed by atoms with van der Waals surface area (Å²) in [6.45, 7) is 8.93. The zero-order valence-electron chi connectivity index (χ0n) is 36.3. The maximum atomic E-state index is 12.6. The van der Waals surface area contributed by atoms with Crippen molar-refractivity contribution in [2.75, 3.05) is 78.9 Å². The number of hydrogen-bond acceptors (Lipinski definition) is 15. The normalized spacial score (nSPS) is 11.3. The summed E-state index contributed by atoms with van der Waals surface area (Å²) in [5.41, 5.74) is -0.974. The molecule has 15 nitrogen and oxygen atoms in total. The minimum atomic E-state index is -0.974. The molecular weight excluding hydrogens is 750 g/mol. The van der Waals surface area contributed by atoms with E-state index >= 15 is 0 Å². The van der Waals surface area contributed by atoms with Crippen LogP contribution in [0.15, 0.2) is 12.2 Å². The predicted molar refractivity (Wildman–Crippen MR) is 222 cm³/mol. The summed E-state index contributed by atoms with van der Waals surface area (Å²) in [6.07, 6.45) is 21.2. The molecule has 0 rings (SSSR count). The van der Waals surface area contributed by atoms with Crippen LogP contribution in [0.25, 0.3) is 0 Å². The predicted octanol–water partition coefficient (Wildman–Crippen LogP) is 5.66. The lowest BCUT2D eigenvalue weighted by Crippen LogP contribution is -2.39. The van der Waals surface area contributed by atoms with Crippen LogP contribution in [0.4, 0.5) is 0 Å². The molecule has 336 valence electrons. The van der Waals surface area contributed by atoms with Gasteiger partial charge in [-0.25, -0.2) is 0 Å². The molecule has 0 aromatic carbocycles. The summed E-state index contributed by atoms with van der Waals surface area (Å²) < 4.78 is 31.6. The first-order chi connectivity index (χ1) is 28.0. The van der Waals surface area contributed by atoms with E-state index in [0.717, 1.165) is 25.7 Å². The molecule has 3 N–H and O–H groups in total. The second-order valence-corrected chi connectivity index (χ2v) is 14.6. The van der Waals surface area contributed by atoms with Gasteiger partial charge >= 0.3 is 35.8 Å². The number of unbranched alkanes of at least 4 members (excludes halogenated alkanes) is 11. The van der Waals surface area contributed by atoms with Gasteiger partial charge < -0.3 is 44.4 Å². The Morgan fingerprint density at radius 2 is 0.793 bits per heavy atom. The van der Waals surface area contributed by atoms with Crippen molar-refractivity contribution in [1.29, 1.82) is 0 Å². The van der Waals surface area contributed by atoms with E-state index < -0.39 is 23.3 Å². The third-order valence-corrected chi connectivity index (χ3v) is 9.24. The third kappa shape index (κ3) is 36.8. The highest BCUT2D eigenvalue weighted by molar-refractivity contribution is 5.71. The summed E-state index contributed by atoms with van der Waals surface area (Å²) in [6, 6.07) is 0. The van der Waals surface area contributed by atoms with Crippen LogP contribution in [0.5, 0.6) is 0 Å². The average molecular weight is 828 g/mol. The molecule has 58 heavy (non-hydrogen) atoms. The first-order valence-corrected chi connectivity index (χ1v) is 21.7. The molecule has 0 bridgehead atoms. The van der Waals surface area contributed by atoms with Crippen molar-refractivity contribution < 1.29 is 57.2 Å². The SMILES string of the molecule is CCCCCCCC/C=C\CCCCCCCC(=O)OCCNCCC(=O)OCC(CC)(COC(=O)CCNCCOC(C)=O)COC(=O)CCNCCOC(C)=O. The van der Waals surface area contributed by atoms with E-state index in [1.54, 1.807) is 0 Å². The molecule has 0 aliphatic carbocycles. The largest absolute Gasteiger partial charge is 0.465 e. The second kappa shape index (κ2) is 38.9. The molecule has 0 aliphatic heterocycles. The molecule has 0 amide bonds. The Labute approximate surface area is 348 Å². The number of ether oxygens (including phenoxy) is 6. The Morgan fingerprint density at radius 1 is 0.431 bits per heavy atom. The first kappa shape index (κ1) is 54.4. The number of carbonyl (C=O) groups excluding carboxylic acids is 6. The fraction of sp³-hybridized carbons (Fsp3) is 0.814. The Balaban J connectivity index is 4.41. The molecule has 0 aromatic rings. The topological polar surface area (TPSA) is 194 Å². The second-order valence-electron chi connectivity index (χ2n) is 14.6. The lowest BCUT2D eigenvalue weighted by molar-refractivity contribution is -0.162. The molecule has 0 saturated heterocycles. The van der Waals surface area contributed by atoms with Gasteiger partial charge in [-0.05, 0) is 38.5 Å². The summed E-state index contributed by atoms with van der Waals surface area (Å²) in [4.78, 5) is 71.5. The van der Waals surface area contributed by atoms with Gasteiger partial charge in [0.05, 0.1) is 24.7 Å². The molecule has 0 radical (unpaired) electrons. The van der Waals surface area contributed by atoms with Gasteiger partial charge in [0.15, 0.2) is 0 Å². The van der Waals surface area contributed by atoms with Crippen molar-refractivity contribution >= 4 is 35.8 Å². The van der Waals surface area contributed by atoms with Gasteiger partial charge in [0.1, 0.15) is 39.6 Å². The maximum absolute atomic E-state index is 12.6. The van der Waals surface area contributed by atoms with E-state index in [2.05, 4.69) is 35.0 Å². The number of hydrogen-bond donors (Lipinski definition) is 3. The number of nitrogens with one attached hydrogen (secondary N) is 3. The number of rotatable bonds is 40. The van der Waals surface area contributed by atoms with Crippen LogP contribution in [-0.2, 0) is 57.2 Å². The molecule has 0 atom stereocenters. The molecule has 0 aliphatic rings. The van der Waals surface area contributed by atoms with Gasteiger partial charge in [-0.1, -0.05) is 77.4 Å². The van der Waals surface area contributed by atoms with Crippen molar-refractivity contribution in [2.24, 2.45) is 5.41 Å². The van der Waals surface area contributed by atoms with E-state index in [0.29, 0.717) is 52.1 Å². The van der Waals surface area contributed by atoms with Gasteiger partial charge in [0.2, 0.25) is 0 Å². The summed E-state index contributed by atoms with van der Waals surface area (Å²) in [5.74, 6) is -2.47. The Morgan fingerprint density at radius 3 is 1.19 bits per heavy atom. The van der Waals surface area contributed by atoms with Crippen molar-refractivity contribution in [2.45, 2.75) is 143 Å². The molecule has 0 heterocycles. The van der Waals surface area contributed by atoms with Crippen LogP contribution in [0.3, 0.4) is 0 Å². The molecular formula is C43H77N3O12. The van der Waals surface area contributed by atoms with Gasteiger partial charge in [0.25, 0.3) is 0 Å². The highest BCUT2D eigenvalue weighted by Gasteiger charge is 2.34. The van der Waals surface area contributed by atoms with Gasteiger partial charge in [0, 0.05) is 59.5 Å². The number of allylic oxidation sites excluding steroid dienone is 2. The Kier molecular flexibility index (Phi) is 36.5. The van der Waals surface area contributed by atoms with Crippen LogP contribution in [0.2, 0.25) is 0 Å². The van der Waals surface area contributed by atoms with Crippen LogP contribution < -0.4 is 16.0 Å². The fourth-order valence-electron chi connectivity index (χ4n) is 5.48. The van der Waals surface area contributed by atoms with Crippen molar-refractivity contribution in [3.63, 3.8) is 0 Å². The zero-order valence-corrected chi connectivity index (χ0v) is 36.3. The standard InChI is InChI=1S/C43H77N3O12/c1-5-7-8-9-10-11-12-13-14-15-16-17-18-19-20-21-39(49)55-33-30-46-27-24-42(52)58-36-43(6-2,34-56-40(50)22-25-44-28-31-53-37(3)47)35-57-41(51)23-26-45-29-32-54-38(4)48/h13-14,44-46H,5-12,15-36H2,1-4H3/b14-13-. The monoisotopic (exact) mass is 828 g/mol. The lowest BCUT2D eigenvalue weighted by Gasteiger charge is -2.31. The smallest absolute Gasteiger partial charge is 0.307 e. The molecule has 0 saturated carbocycles. The number of esters is 6. The first-order valence-electron chi connectivity index (χ1n) is 21.7. The lowest BCUT2D eigenvalue weighted by atomic mass is 9.88. The molecule has 0 spiro atoms. The molecule has 0 aromatic heterocycles. The summed E-state index contributed by atoms with van der Waals surface area (Å²) in [7, 11) is 0. The van der Waals surface area contributed by atoms with E-state index in [9.17, 15) is 28.8 Å². The third-order valence-electron chi connectivity index (χ3n) is 9.24. The van der Waals surface area contributed by atoms with E-state index in [1.807, 2.05) is 6.92 Å². The number of carbonyl (C=O) groups is 6. The van der Waals surface area contributed by atoms with E-state index in [1.165, 1.54) is 71.6 Å². The minimum Gasteiger partial charge on any atom is -0.465 e. The summed E-state index contributed by atoms with van der Waals surface area (Å²) in [5, 5.41) is 9.05. The van der Waals surface area contributed by atoms with Crippen molar-refractivity contribution in [3.05, 3.63) is 12.2 Å². The zero-order chi connectivity index (χ0) is 43.0. The quantitative estimate of drug-likeness (QED) is 0.0296. The van der Waals surface area contributed by atoms with Gasteiger partial charge in [-0.15, -0.1) is 0 Å². The average Bonchev–Trinajstić information content (AvgIpc) is 3.19. The highest BCUT2D eigenvalue weighted by atomic mass is 16.6. The Hall–Kier alpha value is -3.56. The molecule has 0 fully saturated rings. The molecule has 0 unspecified atom stereocenters. The van der Waals surface area contributed by atoms with E-state index in [4.69, 9.17) is 28.4 Å². The summed E-state index contributed by atoms with van der Waals surface area (Å²) >= 11 is 0. The van der Waals surface area contributed by atoms with Crippen LogP contribution >= 0.6 is 0 Å². The fourth-order valence-corrected chi connectivity index (χ4v) is 5.48. The van der Waals surface area contributed by atoms with Crippen LogP contribution in [-0.4, -0.2) is 115 Å². The van der Waals surface area contributed by atoms with Crippen LogP contribution in [0, 0.1) is 5.41 Å². The minimum absolute atomic E-state index is 0.0527.